The molecule has 1 aromatic rings. The second kappa shape index (κ2) is 5.68. The summed E-state index contributed by atoms with van der Waals surface area (Å²) in [5.74, 6) is 0.0408. The summed E-state index contributed by atoms with van der Waals surface area (Å²) in [4.78, 5) is 0. The highest BCUT2D eigenvalue weighted by molar-refractivity contribution is 5.30. The predicted octanol–water partition coefficient (Wildman–Crippen LogP) is 1.48. The summed E-state index contributed by atoms with van der Waals surface area (Å²) in [6.45, 7) is 2.66. The van der Waals surface area contributed by atoms with Gasteiger partial charge in [-0.3, -0.25) is 0 Å². The van der Waals surface area contributed by atoms with Crippen molar-refractivity contribution in [3.05, 3.63) is 29.6 Å². The van der Waals surface area contributed by atoms with Gasteiger partial charge in [0, 0.05) is 18.2 Å². The average Bonchev–Trinajstić information content (AvgIpc) is 2.18. The molecular weight excluding hydrogens is 197 g/mol. The molecule has 0 fully saturated rings. The molecule has 0 aliphatic carbocycles. The van der Waals surface area contributed by atoms with E-state index in [0.717, 1.165) is 0 Å². The molecule has 0 aliphatic rings. The van der Waals surface area contributed by atoms with Crippen molar-refractivity contribution < 1.29 is 14.2 Å². The molecule has 0 saturated heterocycles. The maximum Gasteiger partial charge on any atom is 0.132 e. The van der Waals surface area contributed by atoms with Crippen molar-refractivity contribution in [3.63, 3.8) is 0 Å². The minimum absolute atomic E-state index is 0.285. The van der Waals surface area contributed by atoms with Gasteiger partial charge in [-0.05, 0) is 26.1 Å². The molecule has 1 rings (SSSR count). The Morgan fingerprint density at radius 3 is 2.80 bits per heavy atom. The quantitative estimate of drug-likeness (QED) is 0.778. The number of ether oxygens (including phenoxy) is 1. The Hall–Kier alpha value is -1.13. The Bertz CT molecular complexity index is 317. The fourth-order valence-corrected chi connectivity index (χ4v) is 1.34. The van der Waals surface area contributed by atoms with Crippen LogP contribution >= 0.6 is 0 Å². The number of hydrogen-bond acceptors (Lipinski definition) is 3. The molecule has 3 nitrogen and oxygen atoms in total. The molecule has 0 aliphatic heterocycles. The zero-order valence-electron chi connectivity index (χ0n) is 8.96. The van der Waals surface area contributed by atoms with Crippen molar-refractivity contribution >= 4 is 0 Å². The molecule has 84 valence electrons. The summed E-state index contributed by atoms with van der Waals surface area (Å²) in [7, 11) is 1.70. The maximum absolute atomic E-state index is 13.5. The number of aliphatic hydroxyl groups is 1. The maximum atomic E-state index is 13.5. The largest absolute Gasteiger partial charge is 0.494 e. The summed E-state index contributed by atoms with van der Waals surface area (Å²) in [5.41, 5.74) is 0.285. The molecule has 0 heterocycles. The zero-order chi connectivity index (χ0) is 11.3. The fraction of sp³-hybridized carbons (Fsp3) is 0.455. The van der Waals surface area contributed by atoms with Crippen molar-refractivity contribution in [1.82, 2.24) is 5.32 Å². The zero-order valence-corrected chi connectivity index (χ0v) is 8.96. The van der Waals surface area contributed by atoms with E-state index in [0.29, 0.717) is 18.9 Å². The van der Waals surface area contributed by atoms with Crippen LogP contribution in [0.3, 0.4) is 0 Å². The van der Waals surface area contributed by atoms with E-state index in [-0.39, 0.29) is 5.56 Å². The third-order valence-electron chi connectivity index (χ3n) is 2.04. The monoisotopic (exact) mass is 213 g/mol. The van der Waals surface area contributed by atoms with Gasteiger partial charge >= 0.3 is 0 Å². The normalized spacial score (nSPS) is 12.5. The molecule has 15 heavy (non-hydrogen) atoms. The first-order valence-electron chi connectivity index (χ1n) is 4.94. The Balaban J connectivity index is 2.82. The molecule has 0 spiro atoms. The van der Waals surface area contributed by atoms with Gasteiger partial charge < -0.3 is 15.2 Å². The number of likely N-dealkylation sites (N-methyl/N-ethyl adjacent to an activating group) is 1. The SMILES string of the molecule is CCOc1ccc(C(O)CNC)c(F)c1. The van der Waals surface area contributed by atoms with Gasteiger partial charge in [0.1, 0.15) is 11.6 Å². The second-order valence-corrected chi connectivity index (χ2v) is 3.19. The Kier molecular flexibility index (Phi) is 4.52. The van der Waals surface area contributed by atoms with E-state index < -0.39 is 11.9 Å². The van der Waals surface area contributed by atoms with E-state index >= 15 is 0 Å². The van der Waals surface area contributed by atoms with E-state index in [9.17, 15) is 9.50 Å². The van der Waals surface area contributed by atoms with Crippen LogP contribution in [0, 0.1) is 5.82 Å². The third-order valence-corrected chi connectivity index (χ3v) is 2.04. The Labute approximate surface area is 88.9 Å². The topological polar surface area (TPSA) is 41.5 Å². The lowest BCUT2D eigenvalue weighted by Gasteiger charge is -2.12. The van der Waals surface area contributed by atoms with E-state index in [1.165, 1.54) is 6.07 Å². The molecule has 0 amide bonds. The minimum atomic E-state index is -0.828. The van der Waals surface area contributed by atoms with Gasteiger partial charge in [0.15, 0.2) is 0 Å². The first-order chi connectivity index (χ1) is 7.19. The number of hydrogen-bond donors (Lipinski definition) is 2. The number of aliphatic hydroxyl groups excluding tert-OH is 1. The van der Waals surface area contributed by atoms with Gasteiger partial charge in [-0.25, -0.2) is 4.39 Å². The average molecular weight is 213 g/mol. The number of benzene rings is 1. The van der Waals surface area contributed by atoms with Crippen LogP contribution in [0.15, 0.2) is 18.2 Å². The van der Waals surface area contributed by atoms with Crippen LogP contribution in [-0.4, -0.2) is 25.3 Å². The lowest BCUT2D eigenvalue weighted by Crippen LogP contribution is -2.17. The van der Waals surface area contributed by atoms with Crippen molar-refractivity contribution in [1.29, 1.82) is 0 Å². The lowest BCUT2D eigenvalue weighted by atomic mass is 10.1. The van der Waals surface area contributed by atoms with Crippen LogP contribution in [0.2, 0.25) is 0 Å². The summed E-state index contributed by atoms with van der Waals surface area (Å²) >= 11 is 0. The highest BCUT2D eigenvalue weighted by Gasteiger charge is 2.12. The minimum Gasteiger partial charge on any atom is -0.494 e. The summed E-state index contributed by atoms with van der Waals surface area (Å²) in [5, 5.41) is 12.4. The smallest absolute Gasteiger partial charge is 0.132 e. The Morgan fingerprint density at radius 2 is 2.27 bits per heavy atom. The Morgan fingerprint density at radius 1 is 1.53 bits per heavy atom. The molecule has 1 aromatic carbocycles. The summed E-state index contributed by atoms with van der Waals surface area (Å²) in [6, 6.07) is 4.49. The highest BCUT2D eigenvalue weighted by atomic mass is 19.1. The van der Waals surface area contributed by atoms with Crippen LogP contribution in [0.4, 0.5) is 4.39 Å². The van der Waals surface area contributed by atoms with Gasteiger partial charge in [0.2, 0.25) is 0 Å². The molecule has 1 unspecified atom stereocenters. The van der Waals surface area contributed by atoms with Crippen molar-refractivity contribution in [2.45, 2.75) is 13.0 Å². The standard InChI is InChI=1S/C11H16FNO2/c1-3-15-8-4-5-9(10(12)6-8)11(14)7-13-2/h4-6,11,13-14H,3,7H2,1-2H3. The number of nitrogens with one attached hydrogen (secondary N) is 1. The fourth-order valence-electron chi connectivity index (χ4n) is 1.34. The first kappa shape index (κ1) is 11.9. The number of rotatable bonds is 5. The van der Waals surface area contributed by atoms with Gasteiger partial charge in [0.25, 0.3) is 0 Å². The second-order valence-electron chi connectivity index (χ2n) is 3.19. The molecule has 1 atom stereocenters. The summed E-state index contributed by atoms with van der Waals surface area (Å²) < 4.78 is 18.6. The molecule has 0 aromatic heterocycles. The number of halogens is 1. The molecule has 0 radical (unpaired) electrons. The van der Waals surface area contributed by atoms with Crippen molar-refractivity contribution in [3.8, 4) is 5.75 Å². The van der Waals surface area contributed by atoms with E-state index in [1.807, 2.05) is 6.92 Å². The van der Waals surface area contributed by atoms with Gasteiger partial charge in [0.05, 0.1) is 12.7 Å². The molecular formula is C11H16FNO2. The molecule has 0 bridgehead atoms. The molecule has 0 saturated carbocycles. The van der Waals surface area contributed by atoms with Gasteiger partial charge in [-0.1, -0.05) is 0 Å². The van der Waals surface area contributed by atoms with Gasteiger partial charge in [-0.2, -0.15) is 0 Å². The van der Waals surface area contributed by atoms with E-state index in [1.54, 1.807) is 19.2 Å². The summed E-state index contributed by atoms with van der Waals surface area (Å²) in [6.07, 6.45) is -0.828. The molecule has 2 N–H and O–H groups in total. The third kappa shape index (κ3) is 3.18. The van der Waals surface area contributed by atoms with Crippen LogP contribution in [-0.2, 0) is 0 Å². The molecule has 4 heteroatoms. The van der Waals surface area contributed by atoms with Crippen LogP contribution in [0.1, 0.15) is 18.6 Å². The van der Waals surface area contributed by atoms with E-state index in [4.69, 9.17) is 4.74 Å². The van der Waals surface area contributed by atoms with Crippen molar-refractivity contribution in [2.24, 2.45) is 0 Å². The first-order valence-corrected chi connectivity index (χ1v) is 4.94. The van der Waals surface area contributed by atoms with Crippen LogP contribution in [0.5, 0.6) is 5.75 Å². The van der Waals surface area contributed by atoms with Crippen LogP contribution in [0.25, 0.3) is 0 Å². The predicted molar refractivity (Wildman–Crippen MR) is 56.5 cm³/mol. The van der Waals surface area contributed by atoms with Crippen molar-refractivity contribution in [2.75, 3.05) is 20.2 Å². The van der Waals surface area contributed by atoms with Gasteiger partial charge in [-0.15, -0.1) is 0 Å². The lowest BCUT2D eigenvalue weighted by molar-refractivity contribution is 0.173. The van der Waals surface area contributed by atoms with Crippen LogP contribution < -0.4 is 10.1 Å². The highest BCUT2D eigenvalue weighted by Crippen LogP contribution is 2.21. The van der Waals surface area contributed by atoms with E-state index in [2.05, 4.69) is 5.32 Å².